The van der Waals surface area contributed by atoms with Crippen molar-refractivity contribution >= 4 is 11.9 Å². The zero-order valence-corrected chi connectivity index (χ0v) is 11.8. The number of halogens is 1. The summed E-state index contributed by atoms with van der Waals surface area (Å²) >= 11 is 0. The van der Waals surface area contributed by atoms with Crippen LogP contribution in [0.3, 0.4) is 0 Å². The first-order chi connectivity index (χ1) is 9.99. The molecule has 4 atom stereocenters. The second-order valence-electron chi connectivity index (χ2n) is 6.16. The number of likely N-dealkylation sites (tertiary alicyclic amines) is 1. The molecule has 1 heterocycles. The summed E-state index contributed by atoms with van der Waals surface area (Å²) in [4.78, 5) is 25.1. The van der Waals surface area contributed by atoms with Gasteiger partial charge in [-0.2, -0.15) is 0 Å². The van der Waals surface area contributed by atoms with E-state index in [0.717, 1.165) is 6.42 Å². The molecule has 2 fully saturated rings. The molecular formula is C16H18FNO3. The first-order valence-corrected chi connectivity index (χ1v) is 7.26. The molecule has 2 aliphatic rings. The predicted molar refractivity (Wildman–Crippen MR) is 73.9 cm³/mol. The molecule has 112 valence electrons. The van der Waals surface area contributed by atoms with E-state index in [1.807, 2.05) is 6.92 Å². The maximum absolute atomic E-state index is 14.0. The van der Waals surface area contributed by atoms with Crippen molar-refractivity contribution in [2.45, 2.75) is 25.8 Å². The Morgan fingerprint density at radius 2 is 1.95 bits per heavy atom. The Balaban J connectivity index is 1.82. The minimum Gasteiger partial charge on any atom is -0.481 e. The summed E-state index contributed by atoms with van der Waals surface area (Å²) in [6, 6.07) is 6.23. The molecule has 0 bridgehead atoms. The molecule has 0 aromatic heterocycles. The molecule has 0 spiro atoms. The molecule has 1 N–H and O–H groups in total. The summed E-state index contributed by atoms with van der Waals surface area (Å²) in [6.07, 6.45) is 1.13. The molecule has 1 aromatic carbocycles. The van der Waals surface area contributed by atoms with Crippen molar-refractivity contribution in [1.29, 1.82) is 0 Å². The van der Waals surface area contributed by atoms with Crippen LogP contribution in [0.1, 0.15) is 31.4 Å². The molecule has 4 nitrogen and oxygen atoms in total. The van der Waals surface area contributed by atoms with Gasteiger partial charge in [-0.25, -0.2) is 4.39 Å². The van der Waals surface area contributed by atoms with E-state index < -0.39 is 17.8 Å². The Kier molecular flexibility index (Phi) is 3.43. The third-order valence-corrected chi connectivity index (χ3v) is 4.48. The number of aliphatic carboxylic acids is 1. The zero-order valence-electron chi connectivity index (χ0n) is 11.8. The second-order valence-corrected chi connectivity index (χ2v) is 6.16. The van der Waals surface area contributed by atoms with Crippen LogP contribution in [-0.4, -0.2) is 28.4 Å². The van der Waals surface area contributed by atoms with Crippen LogP contribution in [0, 0.1) is 23.6 Å². The molecule has 1 saturated carbocycles. The van der Waals surface area contributed by atoms with Crippen molar-refractivity contribution in [1.82, 2.24) is 4.90 Å². The van der Waals surface area contributed by atoms with Gasteiger partial charge in [0.1, 0.15) is 5.82 Å². The van der Waals surface area contributed by atoms with Crippen LogP contribution in [0.5, 0.6) is 0 Å². The molecule has 4 unspecified atom stereocenters. The number of carbonyl (C=O) groups excluding carboxylic acids is 1. The van der Waals surface area contributed by atoms with Crippen LogP contribution in [0.2, 0.25) is 0 Å². The van der Waals surface area contributed by atoms with Gasteiger partial charge in [-0.3, -0.25) is 9.59 Å². The molecule has 1 amide bonds. The van der Waals surface area contributed by atoms with Gasteiger partial charge in [0.2, 0.25) is 5.91 Å². The average molecular weight is 291 g/mol. The largest absolute Gasteiger partial charge is 0.481 e. The molecule has 21 heavy (non-hydrogen) atoms. The Bertz CT molecular complexity index is 589. The fraction of sp³-hybridized carbons (Fsp3) is 0.500. The highest BCUT2D eigenvalue weighted by molar-refractivity contribution is 5.89. The van der Waals surface area contributed by atoms with Crippen molar-refractivity contribution < 1.29 is 19.1 Å². The standard InChI is InChI=1S/C16H18FNO3/c1-9-6-14(10-4-2-3-5-13(10)17)18(8-9)15(19)11-7-12(11)16(20)21/h2-5,9,11-12,14H,6-8H2,1H3,(H,20,21). The Labute approximate surface area is 122 Å². The molecular weight excluding hydrogens is 273 g/mol. The van der Waals surface area contributed by atoms with E-state index in [4.69, 9.17) is 5.11 Å². The van der Waals surface area contributed by atoms with Gasteiger partial charge in [-0.05, 0) is 24.8 Å². The van der Waals surface area contributed by atoms with Gasteiger partial charge in [0.05, 0.1) is 17.9 Å². The zero-order chi connectivity index (χ0) is 15.1. The second kappa shape index (κ2) is 5.13. The van der Waals surface area contributed by atoms with Crippen LogP contribution >= 0.6 is 0 Å². The number of carboxylic acid groups (broad SMARTS) is 1. The Morgan fingerprint density at radius 1 is 1.24 bits per heavy atom. The highest BCUT2D eigenvalue weighted by atomic mass is 19.1. The van der Waals surface area contributed by atoms with Gasteiger partial charge in [-0.1, -0.05) is 25.1 Å². The van der Waals surface area contributed by atoms with E-state index >= 15 is 0 Å². The highest BCUT2D eigenvalue weighted by Gasteiger charge is 2.52. The minimum absolute atomic E-state index is 0.139. The van der Waals surface area contributed by atoms with Crippen molar-refractivity contribution in [3.8, 4) is 0 Å². The maximum atomic E-state index is 14.0. The number of benzene rings is 1. The van der Waals surface area contributed by atoms with Gasteiger partial charge in [-0.15, -0.1) is 0 Å². The van der Waals surface area contributed by atoms with E-state index in [0.29, 0.717) is 24.4 Å². The number of carboxylic acids is 1. The van der Waals surface area contributed by atoms with E-state index in [2.05, 4.69) is 0 Å². The van der Waals surface area contributed by atoms with Gasteiger partial charge < -0.3 is 10.0 Å². The quantitative estimate of drug-likeness (QED) is 0.930. The highest BCUT2D eigenvalue weighted by Crippen LogP contribution is 2.44. The number of carbonyl (C=O) groups is 2. The number of amides is 1. The third kappa shape index (κ3) is 2.52. The topological polar surface area (TPSA) is 57.6 Å². The summed E-state index contributed by atoms with van der Waals surface area (Å²) < 4.78 is 14.0. The lowest BCUT2D eigenvalue weighted by atomic mass is 10.0. The summed E-state index contributed by atoms with van der Waals surface area (Å²) in [7, 11) is 0. The van der Waals surface area contributed by atoms with Crippen LogP contribution in [0.25, 0.3) is 0 Å². The number of hydrogen-bond donors (Lipinski definition) is 1. The molecule has 3 rings (SSSR count). The van der Waals surface area contributed by atoms with E-state index in [-0.39, 0.29) is 17.8 Å². The molecule has 5 heteroatoms. The summed E-state index contributed by atoms with van der Waals surface area (Å²) in [5, 5.41) is 8.96. The summed E-state index contributed by atoms with van der Waals surface area (Å²) in [5.41, 5.74) is 0.530. The lowest BCUT2D eigenvalue weighted by molar-refractivity contribution is -0.142. The molecule has 1 aromatic rings. The fourth-order valence-electron chi connectivity index (χ4n) is 3.28. The average Bonchev–Trinajstić information content (AvgIpc) is 3.16. The smallest absolute Gasteiger partial charge is 0.307 e. The number of hydrogen-bond acceptors (Lipinski definition) is 2. The summed E-state index contributed by atoms with van der Waals surface area (Å²) in [5.74, 6) is -2.06. The van der Waals surface area contributed by atoms with Gasteiger partial charge >= 0.3 is 5.97 Å². The van der Waals surface area contributed by atoms with Crippen LogP contribution in [0.4, 0.5) is 4.39 Å². The van der Waals surface area contributed by atoms with Crippen molar-refractivity contribution in [3.05, 3.63) is 35.6 Å². The van der Waals surface area contributed by atoms with Gasteiger partial charge in [0.25, 0.3) is 0 Å². The van der Waals surface area contributed by atoms with Gasteiger partial charge in [0, 0.05) is 12.1 Å². The molecule has 1 saturated heterocycles. The number of rotatable bonds is 3. The van der Waals surface area contributed by atoms with Gasteiger partial charge in [0.15, 0.2) is 0 Å². The summed E-state index contributed by atoms with van der Waals surface area (Å²) in [6.45, 7) is 2.60. The van der Waals surface area contributed by atoms with Crippen LogP contribution in [-0.2, 0) is 9.59 Å². The van der Waals surface area contributed by atoms with E-state index in [1.165, 1.54) is 6.07 Å². The van der Waals surface area contributed by atoms with Crippen molar-refractivity contribution in [3.63, 3.8) is 0 Å². The molecule has 1 aliphatic heterocycles. The lowest BCUT2D eigenvalue weighted by Gasteiger charge is -2.25. The fourth-order valence-corrected chi connectivity index (χ4v) is 3.28. The van der Waals surface area contributed by atoms with Crippen molar-refractivity contribution in [2.75, 3.05) is 6.54 Å². The Hall–Kier alpha value is -1.91. The van der Waals surface area contributed by atoms with Crippen LogP contribution < -0.4 is 0 Å². The number of nitrogens with zero attached hydrogens (tertiary/aromatic N) is 1. The van der Waals surface area contributed by atoms with E-state index in [1.54, 1.807) is 23.1 Å². The minimum atomic E-state index is -0.914. The monoisotopic (exact) mass is 291 g/mol. The Morgan fingerprint density at radius 3 is 2.57 bits per heavy atom. The predicted octanol–water partition coefficient (Wildman–Crippen LogP) is 2.46. The maximum Gasteiger partial charge on any atom is 0.307 e. The first-order valence-electron chi connectivity index (χ1n) is 7.26. The SMILES string of the molecule is CC1CC(c2ccccc2F)N(C(=O)C2CC2C(=O)O)C1. The third-order valence-electron chi connectivity index (χ3n) is 4.48. The molecule has 0 radical (unpaired) electrons. The lowest BCUT2D eigenvalue weighted by Crippen LogP contribution is -2.33. The van der Waals surface area contributed by atoms with Crippen molar-refractivity contribution in [2.24, 2.45) is 17.8 Å². The molecule has 1 aliphatic carbocycles. The first kappa shape index (κ1) is 14.0. The normalized spacial score (nSPS) is 31.2. The van der Waals surface area contributed by atoms with Crippen LogP contribution in [0.15, 0.2) is 24.3 Å². The van der Waals surface area contributed by atoms with E-state index in [9.17, 15) is 14.0 Å².